The highest BCUT2D eigenvalue weighted by Crippen LogP contribution is 2.38. The van der Waals surface area contributed by atoms with Gasteiger partial charge in [0.2, 0.25) is 6.41 Å². The van der Waals surface area contributed by atoms with Gasteiger partial charge in [0, 0.05) is 29.4 Å². The summed E-state index contributed by atoms with van der Waals surface area (Å²) >= 11 is 0. The molecule has 1 heterocycles. The van der Waals surface area contributed by atoms with Gasteiger partial charge in [-0.2, -0.15) is 0 Å². The minimum atomic E-state index is -0.605. The van der Waals surface area contributed by atoms with E-state index < -0.39 is 5.82 Å². The Bertz CT molecular complexity index is 1220. The van der Waals surface area contributed by atoms with Crippen molar-refractivity contribution in [3.63, 3.8) is 0 Å². The zero-order valence-electron chi connectivity index (χ0n) is 16.7. The molecular weight excluding hydrogens is 399 g/mol. The van der Waals surface area contributed by atoms with Crippen LogP contribution in [0.25, 0.3) is 10.9 Å². The van der Waals surface area contributed by atoms with Crippen LogP contribution in [0.3, 0.4) is 0 Å². The van der Waals surface area contributed by atoms with Crippen LogP contribution in [0.5, 0.6) is 23.0 Å². The van der Waals surface area contributed by atoms with Gasteiger partial charge in [-0.3, -0.25) is 9.78 Å². The molecular formula is C24H19FN2O4. The highest BCUT2D eigenvalue weighted by atomic mass is 19.1. The van der Waals surface area contributed by atoms with Gasteiger partial charge in [-0.15, -0.1) is 0 Å². The fraction of sp³-hybridized carbons (Fsp3) is 0.0833. The fourth-order valence-electron chi connectivity index (χ4n) is 3.08. The largest absolute Gasteiger partial charge is 0.493 e. The lowest BCUT2D eigenvalue weighted by molar-refractivity contribution is -0.105. The number of anilines is 1. The number of fused-ring (bicyclic) bond motifs is 1. The molecule has 1 amide bonds. The quantitative estimate of drug-likeness (QED) is 0.392. The second-order valence-electron chi connectivity index (χ2n) is 6.61. The highest BCUT2D eigenvalue weighted by molar-refractivity contribution is 5.88. The topological polar surface area (TPSA) is 69.7 Å². The van der Waals surface area contributed by atoms with Crippen molar-refractivity contribution in [3.05, 3.63) is 84.3 Å². The van der Waals surface area contributed by atoms with Crippen molar-refractivity contribution in [1.29, 1.82) is 0 Å². The molecule has 0 radical (unpaired) electrons. The molecule has 0 fully saturated rings. The summed E-state index contributed by atoms with van der Waals surface area (Å²) in [6, 6.07) is 19.1. The maximum absolute atomic E-state index is 14.4. The lowest BCUT2D eigenvalue weighted by atomic mass is 10.1. The van der Waals surface area contributed by atoms with E-state index in [4.69, 9.17) is 14.2 Å². The molecule has 4 rings (SSSR count). The van der Waals surface area contributed by atoms with Gasteiger partial charge in [0.05, 0.1) is 12.6 Å². The zero-order valence-corrected chi connectivity index (χ0v) is 16.7. The molecule has 7 heteroatoms. The summed E-state index contributed by atoms with van der Waals surface area (Å²) in [6.45, 7) is 0.380. The number of hydrogen-bond acceptors (Lipinski definition) is 5. The Hall–Kier alpha value is -4.13. The molecule has 0 bridgehead atoms. The first-order valence-electron chi connectivity index (χ1n) is 9.49. The van der Waals surface area contributed by atoms with Crippen molar-refractivity contribution >= 4 is 23.0 Å². The average molecular weight is 418 g/mol. The van der Waals surface area contributed by atoms with E-state index in [0.717, 1.165) is 5.56 Å². The summed E-state index contributed by atoms with van der Waals surface area (Å²) < 4.78 is 31.6. The van der Waals surface area contributed by atoms with Gasteiger partial charge < -0.3 is 19.5 Å². The summed E-state index contributed by atoms with van der Waals surface area (Å²) in [4.78, 5) is 14.9. The molecule has 4 aromatic rings. The van der Waals surface area contributed by atoms with Gasteiger partial charge in [-0.25, -0.2) is 4.39 Å². The number of hydrogen-bond donors (Lipinski definition) is 1. The molecule has 156 valence electrons. The molecule has 0 spiro atoms. The van der Waals surface area contributed by atoms with Crippen LogP contribution in [0.1, 0.15) is 5.56 Å². The number of amides is 1. The first kappa shape index (κ1) is 20.2. The standard InChI is InChI=1S/C24H19FN2O4/c1-29-23-12-18-20(13-24(23)30-14-16-5-3-2-4-6-16)26-10-9-21(18)31-22-8-7-17(27-15-28)11-19(22)25/h2-13,15H,14H2,1H3,(H,27,28). The van der Waals surface area contributed by atoms with E-state index in [1.807, 2.05) is 30.3 Å². The Morgan fingerprint density at radius 1 is 0.968 bits per heavy atom. The third-order valence-electron chi connectivity index (χ3n) is 4.60. The van der Waals surface area contributed by atoms with Gasteiger partial charge >= 0.3 is 0 Å². The van der Waals surface area contributed by atoms with Gasteiger partial charge in [-0.1, -0.05) is 30.3 Å². The molecule has 1 aromatic heterocycles. The number of rotatable bonds is 8. The highest BCUT2D eigenvalue weighted by Gasteiger charge is 2.14. The van der Waals surface area contributed by atoms with E-state index in [1.165, 1.54) is 12.1 Å². The summed E-state index contributed by atoms with van der Waals surface area (Å²) in [5.74, 6) is 0.873. The van der Waals surface area contributed by atoms with Crippen molar-refractivity contribution in [2.45, 2.75) is 6.61 Å². The van der Waals surface area contributed by atoms with Crippen LogP contribution in [-0.2, 0) is 11.4 Å². The third-order valence-corrected chi connectivity index (χ3v) is 4.60. The van der Waals surface area contributed by atoms with Crippen molar-refractivity contribution in [2.24, 2.45) is 0 Å². The van der Waals surface area contributed by atoms with Crippen molar-refractivity contribution in [3.8, 4) is 23.0 Å². The molecule has 0 aliphatic carbocycles. The lowest BCUT2D eigenvalue weighted by Crippen LogP contribution is -1.99. The van der Waals surface area contributed by atoms with Crippen LogP contribution in [0.15, 0.2) is 72.9 Å². The summed E-state index contributed by atoms with van der Waals surface area (Å²) in [5.41, 5.74) is 1.97. The Balaban J connectivity index is 1.64. The first-order valence-corrected chi connectivity index (χ1v) is 9.49. The number of nitrogens with one attached hydrogen (secondary N) is 1. The number of carbonyl (C=O) groups is 1. The van der Waals surface area contributed by atoms with E-state index >= 15 is 0 Å². The van der Waals surface area contributed by atoms with E-state index in [0.29, 0.717) is 46.9 Å². The number of carbonyl (C=O) groups excluding carboxylic acids is 1. The lowest BCUT2D eigenvalue weighted by Gasteiger charge is -2.14. The monoisotopic (exact) mass is 418 g/mol. The van der Waals surface area contributed by atoms with Crippen LogP contribution in [0, 0.1) is 5.82 Å². The number of ether oxygens (including phenoxy) is 3. The third kappa shape index (κ3) is 4.56. The molecule has 6 nitrogen and oxygen atoms in total. The average Bonchev–Trinajstić information content (AvgIpc) is 2.80. The second kappa shape index (κ2) is 9.13. The summed E-state index contributed by atoms with van der Waals surface area (Å²) in [6.07, 6.45) is 2.06. The summed E-state index contributed by atoms with van der Waals surface area (Å²) in [7, 11) is 1.55. The smallest absolute Gasteiger partial charge is 0.211 e. The van der Waals surface area contributed by atoms with E-state index in [1.54, 1.807) is 37.6 Å². The fourth-order valence-corrected chi connectivity index (χ4v) is 3.08. The predicted molar refractivity (Wildman–Crippen MR) is 115 cm³/mol. The molecule has 3 aromatic carbocycles. The summed E-state index contributed by atoms with van der Waals surface area (Å²) in [5, 5.41) is 3.04. The number of aromatic nitrogens is 1. The van der Waals surface area contributed by atoms with Crippen LogP contribution < -0.4 is 19.5 Å². The Morgan fingerprint density at radius 2 is 1.81 bits per heavy atom. The van der Waals surface area contributed by atoms with Crippen LogP contribution in [0.2, 0.25) is 0 Å². The molecule has 0 saturated heterocycles. The number of pyridine rings is 1. The minimum absolute atomic E-state index is 0.0207. The van der Waals surface area contributed by atoms with Gasteiger partial charge in [0.15, 0.2) is 23.1 Å². The van der Waals surface area contributed by atoms with Gasteiger partial charge in [0.1, 0.15) is 12.4 Å². The van der Waals surface area contributed by atoms with E-state index in [-0.39, 0.29) is 5.75 Å². The molecule has 0 saturated carbocycles. The molecule has 0 unspecified atom stereocenters. The maximum Gasteiger partial charge on any atom is 0.211 e. The van der Waals surface area contributed by atoms with Crippen LogP contribution in [0.4, 0.5) is 10.1 Å². The Labute approximate surface area is 178 Å². The van der Waals surface area contributed by atoms with Gasteiger partial charge in [-0.05, 0) is 29.8 Å². The number of nitrogens with zero attached hydrogens (tertiary/aromatic N) is 1. The van der Waals surface area contributed by atoms with Crippen molar-refractivity contribution < 1.29 is 23.4 Å². The molecule has 0 atom stereocenters. The van der Waals surface area contributed by atoms with Crippen molar-refractivity contribution in [2.75, 3.05) is 12.4 Å². The minimum Gasteiger partial charge on any atom is -0.493 e. The molecule has 0 aliphatic rings. The first-order chi connectivity index (χ1) is 15.2. The van der Waals surface area contributed by atoms with E-state index in [2.05, 4.69) is 10.3 Å². The maximum atomic E-state index is 14.4. The van der Waals surface area contributed by atoms with E-state index in [9.17, 15) is 9.18 Å². The number of methoxy groups -OCH3 is 1. The SMILES string of the molecule is COc1cc2c(Oc3ccc(NC=O)cc3F)ccnc2cc1OCc1ccccc1. The zero-order chi connectivity index (χ0) is 21.6. The number of benzene rings is 3. The Morgan fingerprint density at radius 3 is 2.55 bits per heavy atom. The molecule has 31 heavy (non-hydrogen) atoms. The second-order valence-corrected chi connectivity index (χ2v) is 6.61. The van der Waals surface area contributed by atoms with Gasteiger partial charge in [0.25, 0.3) is 0 Å². The normalized spacial score (nSPS) is 10.5. The Kier molecular flexibility index (Phi) is 5.93. The van der Waals surface area contributed by atoms with Crippen LogP contribution >= 0.6 is 0 Å². The predicted octanol–water partition coefficient (Wildman–Crippen LogP) is 5.32. The van der Waals surface area contributed by atoms with Crippen molar-refractivity contribution in [1.82, 2.24) is 4.98 Å². The molecule has 0 aliphatic heterocycles. The number of halogens is 1. The van der Waals surface area contributed by atoms with Crippen LogP contribution in [-0.4, -0.2) is 18.5 Å². The molecule has 1 N–H and O–H groups in total.